The summed E-state index contributed by atoms with van der Waals surface area (Å²) in [4.78, 5) is 4.02. The lowest BCUT2D eigenvalue weighted by Gasteiger charge is -2.08. The molecule has 3 rings (SSSR count). The van der Waals surface area contributed by atoms with Crippen molar-refractivity contribution in [3.63, 3.8) is 0 Å². The van der Waals surface area contributed by atoms with Gasteiger partial charge in [0.25, 0.3) is 10.0 Å². The second-order valence-electron chi connectivity index (χ2n) is 5.22. The first-order valence-electron chi connectivity index (χ1n) is 6.75. The van der Waals surface area contributed by atoms with Gasteiger partial charge in [0.15, 0.2) is 15.0 Å². The molecule has 0 aliphatic heterocycles. The number of rotatable bonds is 4. The molecule has 1 aromatic heterocycles. The molecule has 0 saturated carbocycles. The lowest BCUT2D eigenvalue weighted by atomic mass is 10.3. The number of halogens is 3. The standard InChI is InChI=1S/C14H9Cl3N2O4S3/c1-25(20,21)7-2-3-11-12(4-7)24-14(18-11)19-26(22,23)13-6-9(16)8(15)5-10(13)17/h2-6H,1H3,(H,18,19). The molecule has 0 atom stereocenters. The summed E-state index contributed by atoms with van der Waals surface area (Å²) >= 11 is 18.6. The molecular formula is C14H9Cl3N2O4S3. The Hall–Kier alpha value is -1.10. The van der Waals surface area contributed by atoms with E-state index < -0.39 is 19.9 Å². The third-order valence-electron chi connectivity index (χ3n) is 3.27. The van der Waals surface area contributed by atoms with Crippen molar-refractivity contribution in [2.24, 2.45) is 0 Å². The Labute approximate surface area is 168 Å². The number of benzene rings is 2. The second-order valence-corrected chi connectivity index (χ2v) is 11.1. The van der Waals surface area contributed by atoms with E-state index >= 15 is 0 Å². The fourth-order valence-electron chi connectivity index (χ4n) is 2.06. The predicted octanol–water partition coefficient (Wildman–Crippen LogP) is 4.46. The number of hydrogen-bond donors (Lipinski definition) is 1. The Balaban J connectivity index is 2.01. The molecule has 0 aliphatic rings. The van der Waals surface area contributed by atoms with Crippen molar-refractivity contribution in [1.82, 2.24) is 4.98 Å². The molecule has 0 unspecified atom stereocenters. The highest BCUT2D eigenvalue weighted by atomic mass is 35.5. The molecule has 0 fully saturated rings. The molecule has 0 amide bonds. The van der Waals surface area contributed by atoms with Gasteiger partial charge in [-0.25, -0.2) is 21.8 Å². The van der Waals surface area contributed by atoms with Crippen molar-refractivity contribution in [2.45, 2.75) is 9.79 Å². The number of anilines is 1. The summed E-state index contributed by atoms with van der Waals surface area (Å²) in [6.45, 7) is 0. The average molecular weight is 472 g/mol. The molecule has 0 spiro atoms. The normalized spacial score (nSPS) is 12.5. The van der Waals surface area contributed by atoms with Crippen LogP contribution in [-0.2, 0) is 19.9 Å². The van der Waals surface area contributed by atoms with Gasteiger partial charge in [0.05, 0.1) is 30.2 Å². The summed E-state index contributed by atoms with van der Waals surface area (Å²) in [5.41, 5.74) is 0.459. The predicted molar refractivity (Wildman–Crippen MR) is 105 cm³/mol. The van der Waals surface area contributed by atoms with E-state index in [2.05, 4.69) is 9.71 Å². The van der Waals surface area contributed by atoms with Crippen LogP contribution in [0.25, 0.3) is 10.2 Å². The van der Waals surface area contributed by atoms with Crippen LogP contribution < -0.4 is 4.72 Å². The summed E-state index contributed by atoms with van der Waals surface area (Å²) < 4.78 is 51.2. The molecule has 6 nitrogen and oxygen atoms in total. The van der Waals surface area contributed by atoms with Crippen molar-refractivity contribution in [3.05, 3.63) is 45.4 Å². The molecule has 26 heavy (non-hydrogen) atoms. The van der Waals surface area contributed by atoms with Crippen LogP contribution >= 0.6 is 46.1 Å². The highest BCUT2D eigenvalue weighted by molar-refractivity contribution is 7.93. The zero-order chi connectivity index (χ0) is 19.3. The number of thiazole rings is 1. The molecular weight excluding hydrogens is 463 g/mol. The van der Waals surface area contributed by atoms with Crippen LogP contribution in [0.3, 0.4) is 0 Å². The monoisotopic (exact) mass is 470 g/mol. The van der Waals surface area contributed by atoms with Crippen LogP contribution in [0.5, 0.6) is 0 Å². The van der Waals surface area contributed by atoms with Gasteiger partial charge in [-0.2, -0.15) is 0 Å². The molecule has 1 heterocycles. The molecule has 138 valence electrons. The first-order chi connectivity index (χ1) is 12.0. The number of sulfonamides is 1. The molecule has 1 N–H and O–H groups in total. The summed E-state index contributed by atoms with van der Waals surface area (Å²) in [5, 5.41) is 0.141. The quantitative estimate of drug-likeness (QED) is 0.567. The SMILES string of the molecule is CS(=O)(=O)c1ccc2nc(NS(=O)(=O)c3cc(Cl)c(Cl)cc3Cl)sc2c1. The van der Waals surface area contributed by atoms with Crippen molar-refractivity contribution >= 4 is 81.3 Å². The average Bonchev–Trinajstić information content (AvgIpc) is 2.90. The van der Waals surface area contributed by atoms with Gasteiger partial charge in [-0.05, 0) is 30.3 Å². The fraction of sp³-hybridized carbons (Fsp3) is 0.0714. The molecule has 12 heteroatoms. The highest BCUT2D eigenvalue weighted by Gasteiger charge is 2.22. The third kappa shape index (κ3) is 3.92. The maximum Gasteiger partial charge on any atom is 0.265 e. The molecule has 0 radical (unpaired) electrons. The summed E-state index contributed by atoms with van der Waals surface area (Å²) in [6, 6.07) is 6.73. The summed E-state index contributed by atoms with van der Waals surface area (Å²) in [5.74, 6) is 0. The van der Waals surface area contributed by atoms with E-state index in [1.807, 2.05) is 0 Å². The molecule has 3 aromatic rings. The fourth-order valence-corrected chi connectivity index (χ4v) is 5.92. The Kier molecular flexibility index (Phi) is 5.15. The van der Waals surface area contributed by atoms with E-state index in [1.165, 1.54) is 24.3 Å². The van der Waals surface area contributed by atoms with Crippen LogP contribution in [-0.4, -0.2) is 28.1 Å². The Morgan fingerprint density at radius 1 is 0.962 bits per heavy atom. The number of fused-ring (bicyclic) bond motifs is 1. The van der Waals surface area contributed by atoms with Crippen LogP contribution in [0, 0.1) is 0 Å². The first kappa shape index (κ1) is 19.7. The lowest BCUT2D eigenvalue weighted by molar-refractivity contribution is 0.600. The van der Waals surface area contributed by atoms with E-state index in [0.717, 1.165) is 23.7 Å². The Morgan fingerprint density at radius 2 is 1.62 bits per heavy atom. The third-order valence-corrected chi connectivity index (χ3v) is 7.97. The van der Waals surface area contributed by atoms with Gasteiger partial charge < -0.3 is 0 Å². The molecule has 0 aliphatic carbocycles. The van der Waals surface area contributed by atoms with Crippen molar-refractivity contribution < 1.29 is 16.8 Å². The van der Waals surface area contributed by atoms with Gasteiger partial charge >= 0.3 is 0 Å². The topological polar surface area (TPSA) is 93.2 Å². The van der Waals surface area contributed by atoms with Gasteiger partial charge in [0.2, 0.25) is 0 Å². The zero-order valence-electron chi connectivity index (χ0n) is 12.8. The number of hydrogen-bond acceptors (Lipinski definition) is 6. The van der Waals surface area contributed by atoms with E-state index in [4.69, 9.17) is 34.8 Å². The minimum atomic E-state index is -4.06. The van der Waals surface area contributed by atoms with Crippen molar-refractivity contribution in [3.8, 4) is 0 Å². The van der Waals surface area contributed by atoms with E-state index in [9.17, 15) is 16.8 Å². The van der Waals surface area contributed by atoms with Crippen LogP contribution in [0.2, 0.25) is 15.1 Å². The van der Waals surface area contributed by atoms with Crippen LogP contribution in [0.1, 0.15) is 0 Å². The molecule has 0 bridgehead atoms. The number of nitrogens with one attached hydrogen (secondary N) is 1. The first-order valence-corrected chi connectivity index (χ1v) is 12.1. The summed E-state index contributed by atoms with van der Waals surface area (Å²) in [7, 11) is -7.45. The van der Waals surface area contributed by atoms with Crippen molar-refractivity contribution in [1.29, 1.82) is 0 Å². The maximum atomic E-state index is 12.6. The largest absolute Gasteiger partial charge is 0.265 e. The van der Waals surface area contributed by atoms with E-state index in [0.29, 0.717) is 10.2 Å². The van der Waals surface area contributed by atoms with Gasteiger partial charge in [0.1, 0.15) is 4.90 Å². The molecule has 0 saturated heterocycles. The van der Waals surface area contributed by atoms with Crippen LogP contribution in [0.15, 0.2) is 40.1 Å². The lowest BCUT2D eigenvalue weighted by Crippen LogP contribution is -2.13. The van der Waals surface area contributed by atoms with Crippen LogP contribution in [0.4, 0.5) is 5.13 Å². The number of sulfone groups is 1. The van der Waals surface area contributed by atoms with Gasteiger partial charge in [0, 0.05) is 6.26 Å². The minimum Gasteiger partial charge on any atom is -0.255 e. The molecule has 2 aromatic carbocycles. The Bertz CT molecular complexity index is 1240. The zero-order valence-corrected chi connectivity index (χ0v) is 17.5. The highest BCUT2D eigenvalue weighted by Crippen LogP contribution is 2.34. The van der Waals surface area contributed by atoms with E-state index in [-0.39, 0.29) is 30.0 Å². The number of aromatic nitrogens is 1. The van der Waals surface area contributed by atoms with Crippen molar-refractivity contribution in [2.75, 3.05) is 11.0 Å². The minimum absolute atomic E-state index is 0.0403. The van der Waals surface area contributed by atoms with Gasteiger partial charge in [-0.1, -0.05) is 46.1 Å². The smallest absolute Gasteiger partial charge is 0.255 e. The Morgan fingerprint density at radius 3 is 2.27 bits per heavy atom. The van der Waals surface area contributed by atoms with E-state index in [1.54, 1.807) is 0 Å². The maximum absolute atomic E-state index is 12.6. The van der Waals surface area contributed by atoms with Gasteiger partial charge in [-0.15, -0.1) is 0 Å². The van der Waals surface area contributed by atoms with Gasteiger partial charge in [-0.3, -0.25) is 4.72 Å². The summed E-state index contributed by atoms with van der Waals surface area (Å²) in [6.07, 6.45) is 1.09. The second kappa shape index (κ2) is 6.81. The number of nitrogens with zero attached hydrogens (tertiary/aromatic N) is 1.